The van der Waals surface area contributed by atoms with Crippen LogP contribution < -0.4 is 20.2 Å². The number of amides is 1. The summed E-state index contributed by atoms with van der Waals surface area (Å²) in [6.07, 6.45) is 1.51. The van der Waals surface area contributed by atoms with Crippen LogP contribution in [-0.2, 0) is 10.0 Å². The van der Waals surface area contributed by atoms with Crippen LogP contribution in [0.5, 0.6) is 5.75 Å². The summed E-state index contributed by atoms with van der Waals surface area (Å²) in [6, 6.07) is 10.7. The number of sulfonamides is 1. The van der Waals surface area contributed by atoms with Crippen molar-refractivity contribution >= 4 is 27.3 Å². The van der Waals surface area contributed by atoms with Crippen molar-refractivity contribution in [2.75, 3.05) is 12.4 Å². The van der Waals surface area contributed by atoms with E-state index in [0.29, 0.717) is 0 Å². The Morgan fingerprint density at radius 1 is 1.20 bits per heavy atom. The fourth-order valence-electron chi connectivity index (χ4n) is 3.37. The van der Waals surface area contributed by atoms with Crippen molar-refractivity contribution in [2.45, 2.75) is 30.7 Å². The van der Waals surface area contributed by atoms with Crippen molar-refractivity contribution in [1.82, 2.24) is 14.5 Å². The first-order valence-corrected chi connectivity index (χ1v) is 12.0. The van der Waals surface area contributed by atoms with Crippen LogP contribution in [0.3, 0.4) is 0 Å². The minimum absolute atomic E-state index is 0.00943. The Morgan fingerprint density at radius 2 is 1.91 bits per heavy atom. The average Bonchev–Trinajstić information content (AvgIpc) is 3.62. The van der Waals surface area contributed by atoms with Gasteiger partial charge in [-0.2, -0.15) is 5.10 Å². The van der Waals surface area contributed by atoms with Gasteiger partial charge in [0.25, 0.3) is 11.6 Å². The molecule has 0 spiro atoms. The smallest absolute Gasteiger partial charge is 0.294 e. The van der Waals surface area contributed by atoms with E-state index in [0.717, 1.165) is 23.6 Å². The number of carbonyl (C=O) groups is 1. The minimum atomic E-state index is -3.82. The molecule has 1 fully saturated rings. The Hall–Kier alpha value is -4.10. The highest BCUT2D eigenvalue weighted by atomic mass is 32.2. The van der Waals surface area contributed by atoms with E-state index in [2.05, 4.69) is 15.1 Å². The monoisotopic (exact) mass is 499 g/mol. The average molecular weight is 500 g/mol. The Kier molecular flexibility index (Phi) is 6.37. The SMILES string of the molecule is COc1ccc(S(=O)(=O)NC2CC2)cc1NC(=O)c1nn(-c2ccccc2[N+](=O)[O-])c(C)cc1=O. The van der Waals surface area contributed by atoms with Crippen LogP contribution in [-0.4, -0.2) is 42.2 Å². The molecular formula is C22H21N5O7S. The van der Waals surface area contributed by atoms with Crippen molar-refractivity contribution in [3.63, 3.8) is 0 Å². The Balaban J connectivity index is 1.72. The molecule has 0 saturated heterocycles. The highest BCUT2D eigenvalue weighted by molar-refractivity contribution is 7.89. The summed E-state index contributed by atoms with van der Waals surface area (Å²) in [6.45, 7) is 1.52. The fraction of sp³-hybridized carbons (Fsp3) is 0.227. The number of carbonyl (C=O) groups excluding carboxylic acids is 1. The molecule has 13 heteroatoms. The molecule has 3 aromatic rings. The number of rotatable bonds is 8. The van der Waals surface area contributed by atoms with Gasteiger partial charge in [-0.3, -0.25) is 19.7 Å². The first-order chi connectivity index (χ1) is 16.6. The highest BCUT2D eigenvalue weighted by Crippen LogP contribution is 2.29. The van der Waals surface area contributed by atoms with Gasteiger partial charge in [-0.05, 0) is 44.0 Å². The van der Waals surface area contributed by atoms with Gasteiger partial charge in [0.2, 0.25) is 15.5 Å². The molecule has 0 unspecified atom stereocenters. The van der Waals surface area contributed by atoms with E-state index >= 15 is 0 Å². The maximum atomic E-state index is 13.0. The van der Waals surface area contributed by atoms with Crippen molar-refractivity contribution in [3.8, 4) is 11.4 Å². The lowest BCUT2D eigenvalue weighted by molar-refractivity contribution is -0.384. The number of hydrogen-bond donors (Lipinski definition) is 2. The molecule has 1 aromatic heterocycles. The number of anilines is 1. The molecule has 2 aromatic carbocycles. The summed E-state index contributed by atoms with van der Waals surface area (Å²) in [5.74, 6) is -0.778. The number of nitro benzene ring substituents is 1. The zero-order valence-corrected chi connectivity index (χ0v) is 19.5. The largest absolute Gasteiger partial charge is 0.495 e. The first kappa shape index (κ1) is 24.0. The topological polar surface area (TPSA) is 163 Å². The standard InChI is InChI=1S/C22H21N5O7S/c1-13-11-19(28)21(24-26(13)17-5-3-4-6-18(17)27(30)31)22(29)23-16-12-15(9-10-20(16)34-2)35(32,33)25-14-7-8-14/h3-6,9-12,14,25H,7-8H2,1-2H3,(H,23,29). The van der Waals surface area contributed by atoms with Gasteiger partial charge < -0.3 is 10.1 Å². The summed E-state index contributed by atoms with van der Waals surface area (Å²) >= 11 is 0. The molecule has 35 heavy (non-hydrogen) atoms. The van der Waals surface area contributed by atoms with E-state index < -0.39 is 32.0 Å². The van der Waals surface area contributed by atoms with Crippen LogP contribution in [0.15, 0.2) is 58.2 Å². The van der Waals surface area contributed by atoms with Gasteiger partial charge in [0.15, 0.2) is 5.69 Å². The molecule has 1 aliphatic rings. The summed E-state index contributed by atoms with van der Waals surface area (Å²) in [5, 5.41) is 18.0. The van der Waals surface area contributed by atoms with Gasteiger partial charge in [-0.25, -0.2) is 17.8 Å². The summed E-state index contributed by atoms with van der Waals surface area (Å²) in [7, 11) is -2.48. The van der Waals surface area contributed by atoms with Crippen LogP contribution in [0.2, 0.25) is 0 Å². The molecule has 4 rings (SSSR count). The second-order valence-corrected chi connectivity index (χ2v) is 9.58. The molecule has 182 valence electrons. The molecule has 2 N–H and O–H groups in total. The Bertz CT molecular complexity index is 1500. The lowest BCUT2D eigenvalue weighted by Crippen LogP contribution is -2.28. The molecule has 1 heterocycles. The van der Waals surface area contributed by atoms with E-state index in [1.54, 1.807) is 6.07 Å². The predicted molar refractivity (Wildman–Crippen MR) is 126 cm³/mol. The first-order valence-electron chi connectivity index (χ1n) is 10.5. The van der Waals surface area contributed by atoms with Crippen LogP contribution in [0.1, 0.15) is 29.0 Å². The maximum Gasteiger partial charge on any atom is 0.294 e. The van der Waals surface area contributed by atoms with Crippen molar-refractivity contribution < 1.29 is 22.9 Å². The van der Waals surface area contributed by atoms with Gasteiger partial charge in [-0.15, -0.1) is 0 Å². The third-order valence-corrected chi connectivity index (χ3v) is 6.78. The van der Waals surface area contributed by atoms with E-state index in [-0.39, 0.29) is 39.4 Å². The number of aryl methyl sites for hydroxylation is 1. The Labute approximate surface area is 199 Å². The number of ether oxygens (including phenoxy) is 1. The second kappa shape index (κ2) is 9.27. The predicted octanol–water partition coefficient (Wildman–Crippen LogP) is 2.15. The summed E-state index contributed by atoms with van der Waals surface area (Å²) in [4.78, 5) is 36.4. The van der Waals surface area contributed by atoms with E-state index in [1.807, 2.05) is 0 Å². The number of benzene rings is 2. The quantitative estimate of drug-likeness (QED) is 0.352. The normalized spacial score (nSPS) is 13.3. The number of nitro groups is 1. The zero-order chi connectivity index (χ0) is 25.3. The van der Waals surface area contributed by atoms with Crippen molar-refractivity contribution in [2.24, 2.45) is 0 Å². The summed E-state index contributed by atoms with van der Waals surface area (Å²) in [5.41, 5.74) is -1.16. The van der Waals surface area contributed by atoms with Gasteiger partial charge in [-0.1, -0.05) is 12.1 Å². The number of aromatic nitrogens is 2. The minimum Gasteiger partial charge on any atom is -0.495 e. The van der Waals surface area contributed by atoms with E-state index in [4.69, 9.17) is 4.74 Å². The van der Waals surface area contributed by atoms with Crippen molar-refractivity contribution in [1.29, 1.82) is 0 Å². The highest BCUT2D eigenvalue weighted by Gasteiger charge is 2.29. The molecule has 0 bridgehead atoms. The van der Waals surface area contributed by atoms with Gasteiger partial charge >= 0.3 is 0 Å². The number of methoxy groups -OCH3 is 1. The van der Waals surface area contributed by atoms with Gasteiger partial charge in [0, 0.05) is 23.9 Å². The molecule has 12 nitrogen and oxygen atoms in total. The molecular weight excluding hydrogens is 478 g/mol. The lowest BCUT2D eigenvalue weighted by atomic mass is 10.2. The molecule has 1 saturated carbocycles. The molecule has 1 aliphatic carbocycles. The molecule has 0 aliphatic heterocycles. The zero-order valence-electron chi connectivity index (χ0n) is 18.7. The molecule has 1 amide bonds. The van der Waals surface area contributed by atoms with Crippen LogP contribution >= 0.6 is 0 Å². The van der Waals surface area contributed by atoms with Gasteiger partial charge in [0.1, 0.15) is 11.4 Å². The number of para-hydroxylation sites is 2. The molecule has 0 atom stereocenters. The van der Waals surface area contributed by atoms with Crippen LogP contribution in [0.4, 0.5) is 11.4 Å². The maximum absolute atomic E-state index is 13.0. The molecule has 0 radical (unpaired) electrons. The third kappa shape index (κ3) is 5.05. The summed E-state index contributed by atoms with van der Waals surface area (Å²) < 4.78 is 34.1. The van der Waals surface area contributed by atoms with Crippen LogP contribution in [0.25, 0.3) is 5.69 Å². The van der Waals surface area contributed by atoms with Crippen molar-refractivity contribution in [3.05, 3.63) is 80.3 Å². The second-order valence-electron chi connectivity index (χ2n) is 7.87. The number of hydrogen-bond acceptors (Lipinski definition) is 8. The lowest BCUT2D eigenvalue weighted by Gasteiger charge is -2.14. The van der Waals surface area contributed by atoms with E-state index in [9.17, 15) is 28.1 Å². The number of nitrogens with zero attached hydrogens (tertiary/aromatic N) is 3. The van der Waals surface area contributed by atoms with Crippen LogP contribution in [0, 0.1) is 17.0 Å². The van der Waals surface area contributed by atoms with Gasteiger partial charge in [0.05, 0.1) is 22.6 Å². The van der Waals surface area contributed by atoms with E-state index in [1.165, 1.54) is 50.4 Å². The third-order valence-electron chi connectivity index (χ3n) is 5.26. The fourth-order valence-corrected chi connectivity index (χ4v) is 4.70. The number of nitrogens with one attached hydrogen (secondary N) is 2. The Morgan fingerprint density at radius 3 is 2.57 bits per heavy atom.